The predicted molar refractivity (Wildman–Crippen MR) is 45.1 cm³/mol. The van der Waals surface area contributed by atoms with E-state index in [9.17, 15) is 18.3 Å². The van der Waals surface area contributed by atoms with Crippen LogP contribution in [0.25, 0.3) is 0 Å². The number of halogens is 4. The van der Waals surface area contributed by atoms with Gasteiger partial charge in [0.1, 0.15) is 17.5 Å². The van der Waals surface area contributed by atoms with Gasteiger partial charge in [0.15, 0.2) is 0 Å². The fraction of sp³-hybridized carbons (Fsp3) is 0. The molecule has 0 atom stereocenters. The van der Waals surface area contributed by atoms with Crippen LogP contribution in [0.1, 0.15) is 0 Å². The molecular formula is C7H4F3IOZn-. The molecule has 0 aromatic heterocycles. The summed E-state index contributed by atoms with van der Waals surface area (Å²) in [5, 5.41) is 10.2. The zero-order chi connectivity index (χ0) is 9.72. The van der Waals surface area contributed by atoms with Gasteiger partial charge >= 0.3 is 0 Å². The number of benzene rings is 1. The van der Waals surface area contributed by atoms with Crippen LogP contribution in [0.2, 0.25) is 0 Å². The van der Waals surface area contributed by atoms with Crippen LogP contribution in [-0.4, -0.2) is 0 Å². The van der Waals surface area contributed by atoms with Crippen molar-refractivity contribution in [3.05, 3.63) is 34.5 Å². The third-order valence-electron chi connectivity index (χ3n) is 0.963. The van der Waals surface area contributed by atoms with E-state index in [1.165, 1.54) is 0 Å². The van der Waals surface area contributed by atoms with Gasteiger partial charge in [-0.3, -0.25) is 0 Å². The molecule has 6 heteroatoms. The van der Waals surface area contributed by atoms with Crippen LogP contribution in [0.3, 0.4) is 0 Å². The minimum absolute atomic E-state index is 0. The first-order chi connectivity index (χ1) is 5.61. The van der Waals surface area contributed by atoms with Crippen molar-refractivity contribution in [2.75, 3.05) is 0 Å². The van der Waals surface area contributed by atoms with Gasteiger partial charge in [0.2, 0.25) is 0 Å². The first kappa shape index (κ1) is 15.6. The van der Waals surface area contributed by atoms with Crippen molar-refractivity contribution in [3.63, 3.8) is 0 Å². The summed E-state index contributed by atoms with van der Waals surface area (Å²) in [4.78, 5) is 3.22. The maximum atomic E-state index is 12.0. The molecule has 1 nitrogen and oxygen atoms in total. The molecule has 0 amide bonds. The van der Waals surface area contributed by atoms with Crippen LogP contribution >= 0.6 is 22.6 Å². The molecule has 1 aromatic rings. The van der Waals surface area contributed by atoms with Crippen molar-refractivity contribution >= 4 is 22.6 Å². The van der Waals surface area contributed by atoms with Gasteiger partial charge in [-0.2, -0.15) is 0 Å². The normalized spacial score (nSPS) is 8.08. The summed E-state index contributed by atoms with van der Waals surface area (Å²) in [6.07, 6.45) is 0. The molecule has 0 fully saturated rings. The zero-order valence-corrected chi connectivity index (χ0v) is 11.6. The fourth-order valence-corrected chi connectivity index (χ4v) is 0.529. The molecule has 0 aliphatic heterocycles. The Morgan fingerprint density at radius 3 is 1.69 bits per heavy atom. The molecule has 0 heterocycles. The molecule has 0 N–H and O–H groups in total. The first-order valence-electron chi connectivity index (χ1n) is 2.69. The van der Waals surface area contributed by atoms with Gasteiger partial charge in [0.05, 0.1) is 0 Å². The van der Waals surface area contributed by atoms with E-state index in [0.717, 1.165) is 0 Å². The summed E-state index contributed by atoms with van der Waals surface area (Å²) in [5.74, 6) is -5.30. The standard InChI is InChI=1S/C6H3F3O.CH2I.Zn/c7-3-1-4(8)6(10)5(9)2-3;1-2;/h1-2,10H;1H2;/p-1. The van der Waals surface area contributed by atoms with Gasteiger partial charge in [0, 0.05) is 36.5 Å². The smallest absolute Gasteiger partial charge is 0.128 e. The minimum atomic E-state index is -1.41. The molecule has 0 saturated carbocycles. The Labute approximate surface area is 100 Å². The van der Waals surface area contributed by atoms with E-state index in [-0.39, 0.29) is 19.5 Å². The van der Waals surface area contributed by atoms with E-state index in [1.807, 2.05) is 22.6 Å². The molecular weight excluding hydrogens is 349 g/mol. The molecule has 13 heavy (non-hydrogen) atoms. The van der Waals surface area contributed by atoms with Crippen molar-refractivity contribution in [2.24, 2.45) is 0 Å². The second-order valence-electron chi connectivity index (χ2n) is 1.70. The number of rotatable bonds is 0. The summed E-state index contributed by atoms with van der Waals surface area (Å²) >= 11 is 1.90. The topological polar surface area (TPSA) is 23.1 Å². The molecule has 0 bridgehead atoms. The van der Waals surface area contributed by atoms with Gasteiger partial charge in [-0.05, 0) is 5.75 Å². The average molecular weight is 353 g/mol. The average Bonchev–Trinajstić information content (AvgIpc) is 2.04. The van der Waals surface area contributed by atoms with Gasteiger partial charge in [-0.25, -0.2) is 13.2 Å². The Bertz CT molecular complexity index is 247. The Morgan fingerprint density at radius 2 is 1.38 bits per heavy atom. The number of hydrogen-bond acceptors (Lipinski definition) is 1. The Kier molecular flexibility index (Phi) is 9.08. The van der Waals surface area contributed by atoms with E-state index in [4.69, 9.17) is 0 Å². The summed E-state index contributed by atoms with van der Waals surface area (Å²) in [6, 6.07) is 0.677. The maximum absolute atomic E-state index is 12.0. The van der Waals surface area contributed by atoms with Crippen LogP contribution in [0, 0.1) is 22.4 Å². The van der Waals surface area contributed by atoms with Crippen molar-refractivity contribution in [2.45, 2.75) is 0 Å². The molecule has 1 rings (SSSR count). The third-order valence-corrected chi connectivity index (χ3v) is 0.963. The van der Waals surface area contributed by atoms with Crippen LogP contribution in [0.5, 0.6) is 5.75 Å². The van der Waals surface area contributed by atoms with Gasteiger partial charge in [-0.1, -0.05) is 22.6 Å². The van der Waals surface area contributed by atoms with E-state index >= 15 is 0 Å². The molecule has 0 saturated heterocycles. The van der Waals surface area contributed by atoms with Crippen LogP contribution in [-0.2, 0) is 19.5 Å². The first-order valence-corrected chi connectivity index (χ1v) is 4.22. The molecule has 0 aliphatic rings. The fourth-order valence-electron chi connectivity index (χ4n) is 0.529. The molecule has 1 aromatic carbocycles. The van der Waals surface area contributed by atoms with Gasteiger partial charge in [-0.15, -0.1) is 0 Å². The van der Waals surface area contributed by atoms with Crippen LogP contribution < -0.4 is 5.11 Å². The SMILES string of the molecule is [CH2]I.[O-]c1c(F)cc(F)cc1F.[Zn]. The van der Waals surface area contributed by atoms with Crippen LogP contribution in [0.4, 0.5) is 13.2 Å². The monoisotopic (exact) mass is 352 g/mol. The largest absolute Gasteiger partial charge is 0.869 e. The molecule has 0 spiro atoms. The Hall–Kier alpha value is 0.163. The minimum Gasteiger partial charge on any atom is -0.869 e. The molecule has 0 unspecified atom stereocenters. The van der Waals surface area contributed by atoms with E-state index in [1.54, 1.807) is 0 Å². The molecule has 1 radical (unpaired) electrons. The second-order valence-corrected chi connectivity index (χ2v) is 1.70. The van der Waals surface area contributed by atoms with Crippen molar-refractivity contribution < 1.29 is 37.8 Å². The zero-order valence-electron chi connectivity index (χ0n) is 6.49. The second kappa shape index (κ2) is 7.56. The van der Waals surface area contributed by atoms with Gasteiger partial charge in [0.25, 0.3) is 0 Å². The predicted octanol–water partition coefficient (Wildman–Crippen LogP) is 2.39. The third kappa shape index (κ3) is 4.81. The van der Waals surface area contributed by atoms with E-state index < -0.39 is 23.2 Å². The van der Waals surface area contributed by atoms with Crippen molar-refractivity contribution in [3.8, 4) is 5.75 Å². The van der Waals surface area contributed by atoms with Gasteiger partial charge < -0.3 is 5.11 Å². The summed E-state index contributed by atoms with van der Waals surface area (Å²) < 4.78 is 36.1. The molecule has 0 aliphatic carbocycles. The maximum Gasteiger partial charge on any atom is 0.128 e. The quantitative estimate of drug-likeness (QED) is 0.519. The Morgan fingerprint density at radius 1 is 1.08 bits per heavy atom. The summed E-state index contributed by atoms with van der Waals surface area (Å²) in [6.45, 7) is 0. The van der Waals surface area contributed by atoms with Crippen molar-refractivity contribution in [1.29, 1.82) is 0 Å². The summed E-state index contributed by atoms with van der Waals surface area (Å²) in [7, 11) is 0. The Balaban J connectivity index is 0. The van der Waals surface area contributed by atoms with Crippen LogP contribution in [0.15, 0.2) is 12.1 Å². The summed E-state index contributed by atoms with van der Waals surface area (Å²) in [5.41, 5.74) is 0. The number of hydrogen-bond donors (Lipinski definition) is 0. The van der Waals surface area contributed by atoms with E-state index in [0.29, 0.717) is 12.1 Å². The van der Waals surface area contributed by atoms with Crippen molar-refractivity contribution in [1.82, 2.24) is 0 Å². The molecule has 69 valence electrons. The van der Waals surface area contributed by atoms with E-state index in [2.05, 4.69) is 4.93 Å².